The molecule has 1 atom stereocenters. The van der Waals surface area contributed by atoms with Crippen LogP contribution in [0.3, 0.4) is 0 Å². The van der Waals surface area contributed by atoms with Crippen LogP contribution in [-0.4, -0.2) is 14.0 Å². The first kappa shape index (κ1) is 29.0. The molecule has 2 nitrogen and oxygen atoms in total. The van der Waals surface area contributed by atoms with E-state index in [9.17, 15) is 35.5 Å². The minimum absolute atomic E-state index is 0.0259. The minimum Gasteiger partial charge on any atom is -0.321 e. The van der Waals surface area contributed by atoms with Crippen LogP contribution >= 0.6 is 0 Å². The van der Waals surface area contributed by atoms with Gasteiger partial charge in [0.2, 0.25) is 5.91 Å². The van der Waals surface area contributed by atoms with E-state index >= 15 is 0 Å². The van der Waals surface area contributed by atoms with E-state index in [4.69, 9.17) is 0 Å². The predicted molar refractivity (Wildman–Crippen MR) is 117 cm³/mol. The van der Waals surface area contributed by atoms with E-state index in [1.165, 1.54) is 0 Å². The zero-order valence-corrected chi connectivity index (χ0v) is 20.8. The number of halogens is 7. The van der Waals surface area contributed by atoms with Crippen molar-refractivity contribution in [2.45, 2.75) is 84.1 Å². The van der Waals surface area contributed by atoms with Crippen LogP contribution in [-0.2, 0) is 11.0 Å². The second kappa shape index (κ2) is 10.9. The van der Waals surface area contributed by atoms with Gasteiger partial charge in [-0.25, -0.2) is 17.6 Å². The van der Waals surface area contributed by atoms with Gasteiger partial charge >= 0.3 is 6.18 Å². The van der Waals surface area contributed by atoms with Crippen molar-refractivity contribution >= 4 is 19.7 Å². The molecular formula is C23H30F7NOSi. The molecule has 0 spiro atoms. The summed E-state index contributed by atoms with van der Waals surface area (Å²) in [6.07, 6.45) is -5.44. The quantitative estimate of drug-likeness (QED) is 0.177. The van der Waals surface area contributed by atoms with Crippen molar-refractivity contribution in [2.24, 2.45) is 5.92 Å². The highest BCUT2D eigenvalue weighted by molar-refractivity contribution is 6.90. The molecule has 10 heteroatoms. The Morgan fingerprint density at radius 2 is 1.30 bits per heavy atom. The molecule has 0 fully saturated rings. The summed E-state index contributed by atoms with van der Waals surface area (Å²) in [4.78, 5) is 12.5. The second-order valence-electron chi connectivity index (χ2n) is 9.00. The Kier molecular flexibility index (Phi) is 9.61. The topological polar surface area (TPSA) is 29.1 Å². The number of benzene rings is 1. The molecule has 0 saturated carbocycles. The molecule has 0 aromatic heterocycles. The van der Waals surface area contributed by atoms with Gasteiger partial charge in [0.25, 0.3) is 0 Å². The Morgan fingerprint density at radius 3 is 1.64 bits per heavy atom. The highest BCUT2D eigenvalue weighted by Gasteiger charge is 2.43. The van der Waals surface area contributed by atoms with Crippen LogP contribution in [0.5, 0.6) is 0 Å². The Hall–Kier alpha value is -2.02. The van der Waals surface area contributed by atoms with Crippen LogP contribution in [0.4, 0.5) is 36.4 Å². The zero-order valence-electron chi connectivity index (χ0n) is 19.8. The maximum Gasteiger partial charge on any atom is 0.422 e. The van der Waals surface area contributed by atoms with Crippen LogP contribution in [0.1, 0.15) is 66.9 Å². The average Bonchev–Trinajstić information content (AvgIpc) is 2.68. The predicted octanol–water partition coefficient (Wildman–Crippen LogP) is 7.84. The Balaban J connectivity index is 3.27. The van der Waals surface area contributed by atoms with Crippen LogP contribution in [0.2, 0.25) is 16.6 Å². The number of hydrogen-bond donors (Lipinski definition) is 1. The number of alkyl halides is 3. The van der Waals surface area contributed by atoms with Crippen LogP contribution < -0.4 is 5.32 Å². The van der Waals surface area contributed by atoms with Crippen molar-refractivity contribution in [3.63, 3.8) is 0 Å². The fourth-order valence-corrected chi connectivity index (χ4v) is 9.67. The third-order valence-electron chi connectivity index (χ3n) is 6.18. The molecule has 0 radical (unpaired) electrons. The van der Waals surface area contributed by atoms with Crippen LogP contribution in [0.15, 0.2) is 0 Å². The summed E-state index contributed by atoms with van der Waals surface area (Å²) in [7, 11) is -2.09. The molecule has 0 saturated heterocycles. The molecule has 1 aromatic rings. The number of rotatable bonds is 7. The van der Waals surface area contributed by atoms with Gasteiger partial charge in [0.1, 0.15) is 19.3 Å². The monoisotopic (exact) mass is 497 g/mol. The van der Waals surface area contributed by atoms with Crippen molar-refractivity contribution in [1.82, 2.24) is 0 Å². The highest BCUT2D eigenvalue weighted by Crippen LogP contribution is 2.41. The van der Waals surface area contributed by atoms with Gasteiger partial charge < -0.3 is 5.32 Å². The third kappa shape index (κ3) is 5.92. The van der Waals surface area contributed by atoms with E-state index < -0.39 is 60.6 Å². The van der Waals surface area contributed by atoms with E-state index in [1.54, 1.807) is 12.2 Å². The fraction of sp³-hybridized carbons (Fsp3) is 0.609. The number of hydrogen-bond acceptors (Lipinski definition) is 1. The molecule has 1 N–H and O–H groups in total. The maximum atomic E-state index is 14.1. The Labute approximate surface area is 191 Å². The molecule has 1 amide bonds. The van der Waals surface area contributed by atoms with Crippen LogP contribution in [0.25, 0.3) is 0 Å². The van der Waals surface area contributed by atoms with Crippen molar-refractivity contribution in [3.05, 3.63) is 28.8 Å². The summed E-state index contributed by atoms with van der Waals surface area (Å²) in [5.74, 6) is -8.72. The van der Waals surface area contributed by atoms with E-state index in [2.05, 4.69) is 53.0 Å². The molecule has 1 rings (SSSR count). The lowest BCUT2D eigenvalue weighted by Gasteiger charge is -2.38. The Bertz CT molecular complexity index is 879. The lowest BCUT2D eigenvalue weighted by molar-refractivity contribution is -0.143. The SMILES string of the molecule is CCC(CC#C[Si](C(C)C)(C(C)C)C(C)C)C(=O)Nc1c(F)c(F)c(C(F)(F)F)c(F)c1F. The smallest absolute Gasteiger partial charge is 0.321 e. The summed E-state index contributed by atoms with van der Waals surface area (Å²) in [5.41, 5.74) is 0.114. The molecule has 186 valence electrons. The normalized spacial score (nSPS) is 13.4. The maximum absolute atomic E-state index is 14.1. The summed E-state index contributed by atoms with van der Waals surface area (Å²) < 4.78 is 94.1. The molecule has 0 aliphatic rings. The lowest BCUT2D eigenvalue weighted by atomic mass is 10.0. The molecule has 0 bridgehead atoms. The first-order valence-corrected chi connectivity index (χ1v) is 13.0. The van der Waals surface area contributed by atoms with Gasteiger partial charge in [0, 0.05) is 12.3 Å². The largest absolute Gasteiger partial charge is 0.422 e. The van der Waals surface area contributed by atoms with Gasteiger partial charge in [-0.05, 0) is 23.0 Å². The van der Waals surface area contributed by atoms with E-state index in [1.807, 2.05) is 0 Å². The summed E-state index contributed by atoms with van der Waals surface area (Å²) in [5, 5.41) is 1.71. The first-order chi connectivity index (χ1) is 15.0. The molecular weight excluding hydrogens is 467 g/mol. The van der Waals surface area contributed by atoms with Gasteiger partial charge in [0.15, 0.2) is 23.3 Å². The van der Waals surface area contributed by atoms with Crippen molar-refractivity contribution < 1.29 is 35.5 Å². The van der Waals surface area contributed by atoms with Gasteiger partial charge in [-0.2, -0.15) is 13.2 Å². The first-order valence-electron chi connectivity index (χ1n) is 10.8. The summed E-state index contributed by atoms with van der Waals surface area (Å²) in [6.45, 7) is 14.2. The molecule has 0 aliphatic carbocycles. The van der Waals surface area contributed by atoms with Gasteiger partial charge in [0.05, 0.1) is 0 Å². The summed E-state index contributed by atoms with van der Waals surface area (Å²) >= 11 is 0. The van der Waals surface area contributed by atoms with Gasteiger partial charge in [-0.3, -0.25) is 4.79 Å². The number of nitrogens with one attached hydrogen (secondary N) is 1. The van der Waals surface area contributed by atoms with E-state index in [0.29, 0.717) is 16.6 Å². The molecule has 0 heterocycles. The summed E-state index contributed by atoms with van der Waals surface area (Å²) in [6, 6.07) is 0. The van der Waals surface area contributed by atoms with Crippen molar-refractivity contribution in [3.8, 4) is 11.5 Å². The van der Waals surface area contributed by atoms with Crippen molar-refractivity contribution in [1.29, 1.82) is 0 Å². The fourth-order valence-electron chi connectivity index (χ4n) is 4.40. The Morgan fingerprint density at radius 1 is 0.879 bits per heavy atom. The van der Waals surface area contributed by atoms with Gasteiger partial charge in [-0.15, -0.1) is 11.5 Å². The highest BCUT2D eigenvalue weighted by atomic mass is 28.3. The minimum atomic E-state index is -5.65. The van der Waals surface area contributed by atoms with Crippen molar-refractivity contribution in [2.75, 3.05) is 5.32 Å². The molecule has 0 aliphatic heterocycles. The average molecular weight is 498 g/mol. The number of carbonyl (C=O) groups excluding carboxylic acids is 1. The van der Waals surface area contributed by atoms with E-state index in [0.717, 1.165) is 0 Å². The third-order valence-corrected chi connectivity index (χ3v) is 12.5. The molecule has 33 heavy (non-hydrogen) atoms. The standard InChI is InChI=1S/C23H30F7NOSi/c1-8-15(10-9-11-33(12(2)3,13(4)5)14(6)7)22(32)31-21-19(26)17(24)16(23(28,29)30)18(25)20(21)27/h12-15H,8,10H2,1-7H3,(H,31,32). The number of amides is 1. The lowest BCUT2D eigenvalue weighted by Crippen LogP contribution is -2.43. The van der Waals surface area contributed by atoms with Crippen LogP contribution in [0, 0.1) is 40.7 Å². The van der Waals surface area contributed by atoms with E-state index in [-0.39, 0.29) is 12.8 Å². The zero-order chi connectivity index (χ0) is 25.9. The number of anilines is 1. The second-order valence-corrected chi connectivity index (χ2v) is 14.6. The molecule has 1 unspecified atom stereocenters. The number of carbonyl (C=O) groups is 1. The molecule has 1 aromatic carbocycles. The van der Waals surface area contributed by atoms with Gasteiger partial charge in [-0.1, -0.05) is 48.5 Å².